The van der Waals surface area contributed by atoms with E-state index in [-0.39, 0.29) is 29.1 Å². The summed E-state index contributed by atoms with van der Waals surface area (Å²) in [5.74, 6) is -0.0401. The van der Waals surface area contributed by atoms with Crippen molar-refractivity contribution < 1.29 is 19.1 Å². The van der Waals surface area contributed by atoms with E-state index in [1.165, 1.54) is 0 Å². The molecule has 1 aliphatic carbocycles. The molecule has 3 unspecified atom stereocenters. The minimum atomic E-state index is -1.89. The van der Waals surface area contributed by atoms with Gasteiger partial charge in [0.1, 0.15) is 0 Å². The van der Waals surface area contributed by atoms with Crippen LogP contribution < -0.4 is 0 Å². The van der Waals surface area contributed by atoms with Crippen molar-refractivity contribution in [1.82, 2.24) is 4.90 Å². The van der Waals surface area contributed by atoms with Crippen molar-refractivity contribution in [3.8, 4) is 0 Å². The number of piperidine rings is 1. The van der Waals surface area contributed by atoms with Crippen LogP contribution in [0.3, 0.4) is 0 Å². The number of aliphatic hydroxyl groups is 1. The lowest BCUT2D eigenvalue weighted by Crippen LogP contribution is -2.57. The molecule has 1 aliphatic heterocycles. The summed E-state index contributed by atoms with van der Waals surface area (Å²) in [6, 6.07) is 0.154. The highest BCUT2D eigenvalue weighted by Crippen LogP contribution is 2.40. The highest BCUT2D eigenvalue weighted by Gasteiger charge is 2.44. The zero-order chi connectivity index (χ0) is 19.5. The third-order valence-electron chi connectivity index (χ3n) is 6.63. The van der Waals surface area contributed by atoms with Gasteiger partial charge in [0.25, 0.3) is 0 Å². The van der Waals surface area contributed by atoms with Gasteiger partial charge >= 0.3 is 5.97 Å². The molecule has 0 spiro atoms. The summed E-state index contributed by atoms with van der Waals surface area (Å²) in [6.07, 6.45) is 4.23. The molecule has 2 aliphatic rings. The molecule has 26 heavy (non-hydrogen) atoms. The van der Waals surface area contributed by atoms with Crippen LogP contribution in [-0.4, -0.2) is 62.2 Å². The fourth-order valence-corrected chi connectivity index (χ4v) is 5.29. The molecule has 5 nitrogen and oxygen atoms in total. The molecular formula is C20H39NO4Si. The first kappa shape index (κ1) is 21.9. The molecule has 0 amide bonds. The lowest BCUT2D eigenvalue weighted by atomic mass is 9.86. The predicted molar refractivity (Wildman–Crippen MR) is 107 cm³/mol. The first-order chi connectivity index (χ1) is 12.1. The molecule has 0 aromatic rings. The van der Waals surface area contributed by atoms with E-state index in [0.29, 0.717) is 6.61 Å². The van der Waals surface area contributed by atoms with E-state index in [1.54, 1.807) is 0 Å². The monoisotopic (exact) mass is 385 g/mol. The number of likely N-dealkylation sites (tertiary alicyclic amines) is 1. The van der Waals surface area contributed by atoms with Crippen molar-refractivity contribution in [1.29, 1.82) is 0 Å². The molecule has 1 N–H and O–H groups in total. The lowest BCUT2D eigenvalue weighted by Gasteiger charge is -2.47. The molecule has 0 bridgehead atoms. The van der Waals surface area contributed by atoms with E-state index in [0.717, 1.165) is 45.2 Å². The van der Waals surface area contributed by atoms with Crippen molar-refractivity contribution in [2.24, 2.45) is 5.92 Å². The number of esters is 1. The molecule has 3 atom stereocenters. The van der Waals surface area contributed by atoms with Crippen LogP contribution in [0.15, 0.2) is 0 Å². The van der Waals surface area contributed by atoms with Crippen molar-refractivity contribution >= 4 is 14.3 Å². The first-order valence-electron chi connectivity index (χ1n) is 10.3. The van der Waals surface area contributed by atoms with Crippen molar-refractivity contribution in [3.05, 3.63) is 0 Å². The predicted octanol–water partition coefficient (Wildman–Crippen LogP) is 3.57. The average Bonchev–Trinajstić information content (AvgIpc) is 2.56. The largest absolute Gasteiger partial charge is 0.466 e. The molecule has 2 rings (SSSR count). The molecular weight excluding hydrogens is 346 g/mol. The van der Waals surface area contributed by atoms with Crippen LogP contribution >= 0.6 is 0 Å². The molecule has 1 saturated carbocycles. The minimum Gasteiger partial charge on any atom is -0.466 e. The van der Waals surface area contributed by atoms with Crippen LogP contribution in [0.5, 0.6) is 0 Å². The van der Waals surface area contributed by atoms with Crippen LogP contribution in [0.2, 0.25) is 18.1 Å². The van der Waals surface area contributed by atoms with Gasteiger partial charge < -0.3 is 14.3 Å². The summed E-state index contributed by atoms with van der Waals surface area (Å²) in [5.41, 5.74) is 0. The molecule has 0 aromatic heterocycles. The Morgan fingerprint density at radius 1 is 1.15 bits per heavy atom. The van der Waals surface area contributed by atoms with E-state index < -0.39 is 14.4 Å². The normalized spacial score (nSPS) is 29.6. The second kappa shape index (κ2) is 8.72. The Labute approximate surface area is 160 Å². The van der Waals surface area contributed by atoms with Crippen LogP contribution in [0.25, 0.3) is 0 Å². The van der Waals surface area contributed by atoms with Gasteiger partial charge in [0.05, 0.1) is 24.7 Å². The topological polar surface area (TPSA) is 59.0 Å². The van der Waals surface area contributed by atoms with Gasteiger partial charge in [-0.1, -0.05) is 20.8 Å². The summed E-state index contributed by atoms with van der Waals surface area (Å²) in [7, 11) is -1.89. The van der Waals surface area contributed by atoms with Crippen LogP contribution in [0.1, 0.15) is 59.8 Å². The second-order valence-electron chi connectivity index (χ2n) is 9.47. The summed E-state index contributed by atoms with van der Waals surface area (Å²) in [6.45, 7) is 15.3. The molecule has 6 heteroatoms. The Morgan fingerprint density at radius 2 is 1.77 bits per heavy atom. The number of carbonyl (C=O) groups excluding carboxylic acids is 1. The van der Waals surface area contributed by atoms with E-state index in [4.69, 9.17) is 9.16 Å². The number of hydrogen-bond acceptors (Lipinski definition) is 5. The molecule has 0 radical (unpaired) electrons. The summed E-state index contributed by atoms with van der Waals surface area (Å²) >= 11 is 0. The molecule has 152 valence electrons. The van der Waals surface area contributed by atoms with E-state index in [2.05, 4.69) is 38.8 Å². The smallest absolute Gasteiger partial charge is 0.309 e. The SMILES string of the molecule is CCOC(=O)C1CCN(C2CCCC(O[Si](C)(C)C(C)(C)C)C2O)CC1. The quantitative estimate of drug-likeness (QED) is 0.579. The van der Waals surface area contributed by atoms with Crippen LogP contribution in [0, 0.1) is 5.92 Å². The number of carbonyl (C=O) groups is 1. The molecule has 2 fully saturated rings. The summed E-state index contributed by atoms with van der Waals surface area (Å²) in [4.78, 5) is 14.3. The Hall–Kier alpha value is -0.433. The highest BCUT2D eigenvalue weighted by atomic mass is 28.4. The van der Waals surface area contributed by atoms with Crippen molar-refractivity contribution in [3.63, 3.8) is 0 Å². The number of ether oxygens (including phenoxy) is 1. The van der Waals surface area contributed by atoms with Crippen molar-refractivity contribution in [2.75, 3.05) is 19.7 Å². The maximum Gasteiger partial charge on any atom is 0.309 e. The number of nitrogens with zero attached hydrogens (tertiary/aromatic N) is 1. The van der Waals surface area contributed by atoms with E-state index in [9.17, 15) is 9.90 Å². The third kappa shape index (κ3) is 5.09. The maximum absolute atomic E-state index is 11.9. The van der Waals surface area contributed by atoms with Crippen LogP contribution in [0.4, 0.5) is 0 Å². The van der Waals surface area contributed by atoms with Gasteiger partial charge in [0, 0.05) is 6.04 Å². The Kier molecular flexibility index (Phi) is 7.33. The Morgan fingerprint density at radius 3 is 2.31 bits per heavy atom. The van der Waals surface area contributed by atoms with Gasteiger partial charge in [-0.2, -0.15) is 0 Å². The van der Waals surface area contributed by atoms with Gasteiger partial charge in [0.15, 0.2) is 8.32 Å². The molecule has 1 heterocycles. The minimum absolute atomic E-state index is 0.0196. The van der Waals surface area contributed by atoms with Crippen molar-refractivity contribution in [2.45, 2.75) is 96.2 Å². The van der Waals surface area contributed by atoms with Gasteiger partial charge in [-0.15, -0.1) is 0 Å². The third-order valence-corrected chi connectivity index (χ3v) is 11.1. The van der Waals surface area contributed by atoms with Gasteiger partial charge in [0.2, 0.25) is 0 Å². The summed E-state index contributed by atoms with van der Waals surface area (Å²) in [5, 5.41) is 11.2. The van der Waals surface area contributed by atoms with E-state index in [1.807, 2.05) is 6.92 Å². The number of rotatable bonds is 5. The maximum atomic E-state index is 11.9. The Bertz CT molecular complexity index is 469. The zero-order valence-corrected chi connectivity index (χ0v) is 18.6. The first-order valence-corrected chi connectivity index (χ1v) is 13.2. The van der Waals surface area contributed by atoms with Crippen LogP contribution in [-0.2, 0) is 14.0 Å². The highest BCUT2D eigenvalue weighted by molar-refractivity contribution is 6.74. The molecule has 1 saturated heterocycles. The zero-order valence-electron chi connectivity index (χ0n) is 17.6. The fourth-order valence-electron chi connectivity index (χ4n) is 3.93. The van der Waals surface area contributed by atoms with Gasteiger partial charge in [-0.25, -0.2) is 0 Å². The lowest BCUT2D eigenvalue weighted by molar-refractivity contribution is -0.150. The van der Waals surface area contributed by atoms with E-state index >= 15 is 0 Å². The van der Waals surface area contributed by atoms with Gasteiger partial charge in [-0.3, -0.25) is 9.69 Å². The number of aliphatic hydroxyl groups excluding tert-OH is 1. The fraction of sp³-hybridized carbons (Fsp3) is 0.950. The van der Waals surface area contributed by atoms with Gasteiger partial charge in [-0.05, 0) is 70.2 Å². The second-order valence-corrected chi connectivity index (χ2v) is 14.2. The Balaban J connectivity index is 1.94. The number of hydrogen-bond donors (Lipinski definition) is 1. The standard InChI is InChI=1S/C20H39NO4Si/c1-7-24-19(23)15-11-13-21(14-12-15)16-9-8-10-17(18(16)22)25-26(5,6)20(2,3)4/h15-18,22H,7-14H2,1-6H3. The average molecular weight is 386 g/mol. The summed E-state index contributed by atoms with van der Waals surface area (Å²) < 4.78 is 11.7. The molecule has 0 aromatic carbocycles.